The van der Waals surface area contributed by atoms with Crippen molar-refractivity contribution in [2.24, 2.45) is 10.8 Å². The van der Waals surface area contributed by atoms with Gasteiger partial charge in [0.05, 0.1) is 23.7 Å². The monoisotopic (exact) mass is 638 g/mol. The predicted octanol–water partition coefficient (Wildman–Crippen LogP) is 9.57. The van der Waals surface area contributed by atoms with Gasteiger partial charge in [0.25, 0.3) is 0 Å². The molecule has 0 aromatic heterocycles. The third-order valence-electron chi connectivity index (χ3n) is 8.44. The SMILES string of the molecule is C=COC(=O)CCCC(=O)OCCOC(=O)C(C)(C)CC(C)(CC)C(=O)OCCCCCCCCCCCCCCCCCC. The van der Waals surface area contributed by atoms with Crippen molar-refractivity contribution in [2.45, 2.75) is 169 Å². The van der Waals surface area contributed by atoms with Gasteiger partial charge in [0.2, 0.25) is 0 Å². The lowest BCUT2D eigenvalue weighted by Gasteiger charge is -2.33. The van der Waals surface area contributed by atoms with Crippen LogP contribution in [0.4, 0.5) is 0 Å². The first-order chi connectivity index (χ1) is 21.5. The van der Waals surface area contributed by atoms with Gasteiger partial charge in [-0.05, 0) is 46.5 Å². The highest BCUT2D eigenvalue weighted by molar-refractivity contribution is 5.80. The van der Waals surface area contributed by atoms with E-state index in [2.05, 4.69) is 18.2 Å². The minimum Gasteiger partial charge on any atom is -0.465 e. The molecule has 0 rings (SSSR count). The van der Waals surface area contributed by atoms with E-state index in [-0.39, 0.29) is 38.4 Å². The molecule has 0 bridgehead atoms. The Hall–Kier alpha value is -2.38. The van der Waals surface area contributed by atoms with Crippen molar-refractivity contribution in [1.82, 2.24) is 0 Å². The Bertz CT molecular complexity index is 821. The highest BCUT2D eigenvalue weighted by atomic mass is 16.6. The van der Waals surface area contributed by atoms with Gasteiger partial charge in [-0.3, -0.25) is 19.2 Å². The quantitative estimate of drug-likeness (QED) is 0.0331. The fourth-order valence-electron chi connectivity index (χ4n) is 5.46. The molecule has 0 saturated carbocycles. The molecular weight excluding hydrogens is 572 g/mol. The van der Waals surface area contributed by atoms with Gasteiger partial charge in [-0.15, -0.1) is 0 Å². The highest BCUT2D eigenvalue weighted by Gasteiger charge is 2.42. The van der Waals surface area contributed by atoms with Crippen LogP contribution < -0.4 is 0 Å². The maximum Gasteiger partial charge on any atom is 0.311 e. The summed E-state index contributed by atoms with van der Waals surface area (Å²) in [7, 11) is 0. The Morgan fingerprint density at radius 3 is 1.49 bits per heavy atom. The number of unbranched alkanes of at least 4 members (excludes halogenated alkanes) is 15. The maximum atomic E-state index is 13.0. The van der Waals surface area contributed by atoms with Crippen LogP contribution in [-0.2, 0) is 38.1 Å². The zero-order valence-corrected chi connectivity index (χ0v) is 29.5. The smallest absolute Gasteiger partial charge is 0.311 e. The first kappa shape index (κ1) is 42.6. The van der Waals surface area contributed by atoms with Gasteiger partial charge in [-0.25, -0.2) is 0 Å². The first-order valence-electron chi connectivity index (χ1n) is 17.8. The molecule has 0 fully saturated rings. The molecule has 8 heteroatoms. The van der Waals surface area contributed by atoms with Crippen LogP contribution in [0.3, 0.4) is 0 Å². The molecule has 0 aliphatic heterocycles. The van der Waals surface area contributed by atoms with Crippen LogP contribution in [0.25, 0.3) is 0 Å². The van der Waals surface area contributed by atoms with Crippen molar-refractivity contribution >= 4 is 23.9 Å². The Morgan fingerprint density at radius 2 is 1.00 bits per heavy atom. The molecule has 8 nitrogen and oxygen atoms in total. The van der Waals surface area contributed by atoms with Crippen LogP contribution in [0, 0.1) is 10.8 Å². The van der Waals surface area contributed by atoms with E-state index < -0.39 is 28.7 Å². The zero-order chi connectivity index (χ0) is 33.8. The maximum absolute atomic E-state index is 13.0. The largest absolute Gasteiger partial charge is 0.465 e. The minimum absolute atomic E-state index is 0.0576. The summed E-state index contributed by atoms with van der Waals surface area (Å²) in [5, 5.41) is 0. The van der Waals surface area contributed by atoms with Gasteiger partial charge < -0.3 is 18.9 Å². The fourth-order valence-corrected chi connectivity index (χ4v) is 5.46. The summed E-state index contributed by atoms with van der Waals surface area (Å²) < 4.78 is 20.6. The molecule has 0 aliphatic rings. The van der Waals surface area contributed by atoms with Gasteiger partial charge in [-0.2, -0.15) is 0 Å². The summed E-state index contributed by atoms with van der Waals surface area (Å²) in [6, 6.07) is 0. The molecule has 0 saturated heterocycles. The van der Waals surface area contributed by atoms with Crippen molar-refractivity contribution in [3.8, 4) is 0 Å². The van der Waals surface area contributed by atoms with E-state index in [9.17, 15) is 19.2 Å². The molecule has 0 spiro atoms. The normalized spacial score (nSPS) is 12.6. The van der Waals surface area contributed by atoms with Crippen molar-refractivity contribution in [2.75, 3.05) is 19.8 Å². The van der Waals surface area contributed by atoms with E-state index in [0.29, 0.717) is 19.4 Å². The fraction of sp³-hybridized carbons (Fsp3) is 0.838. The number of hydrogen-bond donors (Lipinski definition) is 0. The third kappa shape index (κ3) is 22.7. The number of ether oxygens (including phenoxy) is 4. The van der Waals surface area contributed by atoms with Crippen molar-refractivity contribution in [1.29, 1.82) is 0 Å². The topological polar surface area (TPSA) is 105 Å². The predicted molar refractivity (Wildman–Crippen MR) is 179 cm³/mol. The van der Waals surface area contributed by atoms with Gasteiger partial charge >= 0.3 is 23.9 Å². The molecule has 1 unspecified atom stereocenters. The average molecular weight is 639 g/mol. The van der Waals surface area contributed by atoms with E-state index in [1.807, 2.05) is 13.8 Å². The molecule has 0 heterocycles. The third-order valence-corrected chi connectivity index (χ3v) is 8.44. The van der Waals surface area contributed by atoms with Crippen LogP contribution in [0.1, 0.15) is 169 Å². The van der Waals surface area contributed by atoms with Crippen molar-refractivity contribution in [3.05, 3.63) is 12.8 Å². The Kier molecular flexibility index (Phi) is 25.4. The van der Waals surface area contributed by atoms with Crippen LogP contribution in [0.5, 0.6) is 0 Å². The van der Waals surface area contributed by atoms with Gasteiger partial charge in [0, 0.05) is 12.8 Å². The Labute approximate surface area is 274 Å². The number of carbonyl (C=O) groups excluding carboxylic acids is 4. The molecule has 0 aromatic rings. The molecular formula is C37H66O8. The zero-order valence-electron chi connectivity index (χ0n) is 29.5. The Balaban J connectivity index is 4.05. The Morgan fingerprint density at radius 1 is 0.556 bits per heavy atom. The number of rotatable bonds is 30. The van der Waals surface area contributed by atoms with Gasteiger partial charge in [0.15, 0.2) is 0 Å². The van der Waals surface area contributed by atoms with Crippen molar-refractivity contribution < 1.29 is 38.1 Å². The van der Waals surface area contributed by atoms with Crippen LogP contribution >= 0.6 is 0 Å². The molecule has 0 radical (unpaired) electrons. The minimum atomic E-state index is -0.923. The van der Waals surface area contributed by atoms with E-state index in [1.165, 1.54) is 89.9 Å². The van der Waals surface area contributed by atoms with Crippen molar-refractivity contribution in [3.63, 3.8) is 0 Å². The molecule has 45 heavy (non-hydrogen) atoms. The van der Waals surface area contributed by atoms with Gasteiger partial charge in [-0.1, -0.05) is 117 Å². The molecule has 0 aliphatic carbocycles. The lowest BCUT2D eigenvalue weighted by molar-refractivity contribution is -0.165. The van der Waals surface area contributed by atoms with E-state index in [4.69, 9.17) is 14.2 Å². The van der Waals surface area contributed by atoms with Gasteiger partial charge in [0.1, 0.15) is 13.2 Å². The van der Waals surface area contributed by atoms with Crippen LogP contribution in [0.2, 0.25) is 0 Å². The summed E-state index contributed by atoms with van der Waals surface area (Å²) in [6.07, 6.45) is 23.0. The molecule has 0 aromatic carbocycles. The number of hydrogen-bond acceptors (Lipinski definition) is 8. The average Bonchev–Trinajstić information content (AvgIpc) is 3.00. The van der Waals surface area contributed by atoms with E-state index in [1.54, 1.807) is 13.8 Å². The van der Waals surface area contributed by atoms with Crippen LogP contribution in [-0.4, -0.2) is 43.7 Å². The second-order valence-corrected chi connectivity index (χ2v) is 13.3. The summed E-state index contributed by atoms with van der Waals surface area (Å²) in [5.74, 6) is -1.69. The standard InChI is InChI=1S/C37H66O8/c1-7-10-11-12-13-14-15-16-17-18-19-20-21-22-23-24-28-44-35(41)37(6,8-2)31-36(4,5)34(40)45-30-29-43-33(39)27-25-26-32(38)42-9-3/h9H,3,7-8,10-31H2,1-2,4-6H3. The summed E-state index contributed by atoms with van der Waals surface area (Å²) in [4.78, 5) is 48.8. The second-order valence-electron chi connectivity index (χ2n) is 13.3. The molecule has 0 amide bonds. The molecule has 1 atom stereocenters. The second kappa shape index (κ2) is 26.8. The summed E-state index contributed by atoms with van der Waals surface area (Å²) >= 11 is 0. The van der Waals surface area contributed by atoms with E-state index in [0.717, 1.165) is 19.1 Å². The summed E-state index contributed by atoms with van der Waals surface area (Å²) in [5.41, 5.74) is -1.73. The van der Waals surface area contributed by atoms with E-state index >= 15 is 0 Å². The lowest BCUT2D eigenvalue weighted by atomic mass is 9.72. The number of esters is 4. The molecule has 0 N–H and O–H groups in total. The lowest BCUT2D eigenvalue weighted by Crippen LogP contribution is -2.39. The molecule has 262 valence electrons. The first-order valence-corrected chi connectivity index (χ1v) is 17.8. The van der Waals surface area contributed by atoms with Crippen LogP contribution in [0.15, 0.2) is 12.8 Å². The summed E-state index contributed by atoms with van der Waals surface area (Å²) in [6.45, 7) is 13.1. The highest BCUT2D eigenvalue weighted by Crippen LogP contribution is 2.38. The number of carbonyl (C=O) groups is 4.